The molecule has 0 amide bonds. The molecule has 152 valence electrons. The Kier molecular flexibility index (Phi) is 6.82. The quantitative estimate of drug-likeness (QED) is 0.526. The highest BCUT2D eigenvalue weighted by molar-refractivity contribution is 7.12. The van der Waals surface area contributed by atoms with E-state index in [9.17, 15) is 0 Å². The minimum Gasteiger partial charge on any atom is -0.492 e. The summed E-state index contributed by atoms with van der Waals surface area (Å²) in [6, 6.07) is 16.2. The molecule has 0 atom stereocenters. The van der Waals surface area contributed by atoms with Gasteiger partial charge >= 0.3 is 0 Å². The fourth-order valence-electron chi connectivity index (χ4n) is 3.44. The van der Waals surface area contributed by atoms with E-state index in [2.05, 4.69) is 30.0 Å². The first kappa shape index (κ1) is 20.4. The monoisotopic (exact) mass is 428 g/mol. The molecule has 0 aliphatic carbocycles. The van der Waals surface area contributed by atoms with Crippen molar-refractivity contribution in [3.63, 3.8) is 0 Å². The summed E-state index contributed by atoms with van der Waals surface area (Å²) < 4.78 is 11.3. The van der Waals surface area contributed by atoms with Crippen molar-refractivity contribution in [2.75, 3.05) is 39.5 Å². The predicted molar refractivity (Wildman–Crippen MR) is 119 cm³/mol. The third-order valence-corrected chi connectivity index (χ3v) is 6.20. The van der Waals surface area contributed by atoms with E-state index in [1.54, 1.807) is 11.3 Å². The molecule has 0 bridgehead atoms. The van der Waals surface area contributed by atoms with Gasteiger partial charge in [-0.3, -0.25) is 4.90 Å². The normalized spacial score (nSPS) is 14.8. The fraction of sp³-hybridized carbons (Fsp3) is 0.348. The van der Waals surface area contributed by atoms with Crippen molar-refractivity contribution in [1.82, 2.24) is 9.88 Å². The molecular formula is C23H25ClN2O2S. The van der Waals surface area contributed by atoms with Crippen molar-refractivity contribution >= 4 is 22.9 Å². The number of ether oxygens (including phenoxy) is 2. The fourth-order valence-corrected chi connectivity index (χ4v) is 4.64. The Hall–Kier alpha value is -1.92. The van der Waals surface area contributed by atoms with Crippen LogP contribution in [-0.4, -0.2) is 49.3 Å². The molecule has 1 aliphatic rings. The van der Waals surface area contributed by atoms with E-state index in [0.717, 1.165) is 66.3 Å². The number of nitrogens with zero attached hydrogens (tertiary/aromatic N) is 2. The summed E-state index contributed by atoms with van der Waals surface area (Å²) in [5.41, 5.74) is 3.35. The van der Waals surface area contributed by atoms with Crippen LogP contribution in [0.25, 0.3) is 11.3 Å². The maximum absolute atomic E-state index is 6.10. The summed E-state index contributed by atoms with van der Waals surface area (Å²) in [6.45, 7) is 7.37. The zero-order valence-electron chi connectivity index (χ0n) is 16.6. The summed E-state index contributed by atoms with van der Waals surface area (Å²) in [5, 5.41) is 1.87. The topological polar surface area (TPSA) is 34.6 Å². The number of hydrogen-bond acceptors (Lipinski definition) is 5. The largest absolute Gasteiger partial charge is 0.492 e. The molecule has 29 heavy (non-hydrogen) atoms. The standard InChI is InChI=1S/C23H25ClN2O2S/c1-17-23(25-22(29-17)16-18-3-2-4-20(24)15-18)19-5-7-21(8-6-19)28-14-11-26-9-12-27-13-10-26/h2-8,15H,9-14,16H2,1H3. The van der Waals surface area contributed by atoms with E-state index in [-0.39, 0.29) is 0 Å². The highest BCUT2D eigenvalue weighted by Crippen LogP contribution is 2.30. The Morgan fingerprint density at radius 2 is 1.93 bits per heavy atom. The molecule has 1 fully saturated rings. The molecule has 0 spiro atoms. The highest BCUT2D eigenvalue weighted by Gasteiger charge is 2.12. The van der Waals surface area contributed by atoms with E-state index in [1.807, 2.05) is 30.3 Å². The molecule has 1 aromatic heterocycles. The zero-order valence-corrected chi connectivity index (χ0v) is 18.1. The first-order valence-corrected chi connectivity index (χ1v) is 11.1. The molecule has 3 aromatic rings. The van der Waals surface area contributed by atoms with Crippen LogP contribution in [0.1, 0.15) is 15.4 Å². The minimum atomic E-state index is 0.693. The van der Waals surface area contributed by atoms with Gasteiger partial charge in [-0.25, -0.2) is 4.98 Å². The lowest BCUT2D eigenvalue weighted by Gasteiger charge is -2.26. The number of aromatic nitrogens is 1. The predicted octanol–water partition coefficient (Wildman–Crippen LogP) is 5.07. The third kappa shape index (κ3) is 5.58. The van der Waals surface area contributed by atoms with Crippen LogP contribution in [0.15, 0.2) is 48.5 Å². The van der Waals surface area contributed by atoms with Crippen molar-refractivity contribution in [2.45, 2.75) is 13.3 Å². The third-order valence-electron chi connectivity index (χ3n) is 4.99. The van der Waals surface area contributed by atoms with Crippen molar-refractivity contribution in [3.05, 3.63) is 69.0 Å². The van der Waals surface area contributed by atoms with E-state index in [0.29, 0.717) is 6.61 Å². The van der Waals surface area contributed by atoms with Crippen LogP contribution in [0.2, 0.25) is 5.02 Å². The smallest absolute Gasteiger partial charge is 0.119 e. The average molecular weight is 429 g/mol. The maximum Gasteiger partial charge on any atom is 0.119 e. The first-order valence-electron chi connectivity index (χ1n) is 9.91. The van der Waals surface area contributed by atoms with Gasteiger partial charge in [-0.15, -0.1) is 11.3 Å². The molecular weight excluding hydrogens is 404 g/mol. The highest BCUT2D eigenvalue weighted by atomic mass is 35.5. The maximum atomic E-state index is 6.10. The number of halogens is 1. The van der Waals surface area contributed by atoms with Gasteiger partial charge in [0.25, 0.3) is 0 Å². The van der Waals surface area contributed by atoms with Crippen LogP contribution in [0.4, 0.5) is 0 Å². The van der Waals surface area contributed by atoms with Gasteiger partial charge in [-0.05, 0) is 48.9 Å². The van der Waals surface area contributed by atoms with Crippen molar-refractivity contribution in [3.8, 4) is 17.0 Å². The summed E-state index contributed by atoms with van der Waals surface area (Å²) in [4.78, 5) is 8.47. The number of benzene rings is 2. The molecule has 0 unspecified atom stereocenters. The van der Waals surface area contributed by atoms with Crippen LogP contribution in [-0.2, 0) is 11.2 Å². The van der Waals surface area contributed by atoms with Gasteiger partial charge in [0.15, 0.2) is 0 Å². The SMILES string of the molecule is Cc1sc(Cc2cccc(Cl)c2)nc1-c1ccc(OCCN2CCOCC2)cc1. The molecule has 1 aliphatic heterocycles. The Balaban J connectivity index is 1.36. The van der Waals surface area contributed by atoms with Crippen molar-refractivity contribution in [2.24, 2.45) is 0 Å². The van der Waals surface area contributed by atoms with Crippen molar-refractivity contribution in [1.29, 1.82) is 0 Å². The number of thiazole rings is 1. The Labute approximate surface area is 181 Å². The Bertz CT molecular complexity index is 936. The zero-order chi connectivity index (χ0) is 20.1. The summed E-state index contributed by atoms with van der Waals surface area (Å²) >= 11 is 7.84. The number of morpholine rings is 1. The number of rotatable bonds is 7. The summed E-state index contributed by atoms with van der Waals surface area (Å²) in [5.74, 6) is 0.897. The van der Waals surface area contributed by atoms with E-state index < -0.39 is 0 Å². The molecule has 4 rings (SSSR count). The van der Waals surface area contributed by atoms with E-state index >= 15 is 0 Å². The molecule has 0 saturated carbocycles. The molecule has 6 heteroatoms. The van der Waals surface area contributed by atoms with E-state index in [4.69, 9.17) is 26.1 Å². The number of aryl methyl sites for hydroxylation is 1. The van der Waals surface area contributed by atoms with Gasteiger partial charge in [0.1, 0.15) is 12.4 Å². The Morgan fingerprint density at radius 3 is 2.69 bits per heavy atom. The molecule has 2 heterocycles. The molecule has 2 aromatic carbocycles. The first-order chi connectivity index (χ1) is 14.2. The second kappa shape index (κ2) is 9.72. The van der Waals surface area contributed by atoms with Gasteiger partial charge in [0, 0.05) is 41.5 Å². The summed E-state index contributed by atoms with van der Waals surface area (Å²) in [6.07, 6.45) is 0.800. The molecule has 0 radical (unpaired) electrons. The second-order valence-electron chi connectivity index (χ2n) is 7.15. The average Bonchev–Trinajstić information content (AvgIpc) is 3.09. The van der Waals surface area contributed by atoms with Gasteiger partial charge in [-0.2, -0.15) is 0 Å². The van der Waals surface area contributed by atoms with Crippen LogP contribution >= 0.6 is 22.9 Å². The molecule has 1 saturated heterocycles. The van der Waals surface area contributed by atoms with Crippen LogP contribution in [0.5, 0.6) is 5.75 Å². The van der Waals surface area contributed by atoms with Crippen LogP contribution in [0, 0.1) is 6.92 Å². The lowest BCUT2D eigenvalue weighted by atomic mass is 10.1. The summed E-state index contributed by atoms with van der Waals surface area (Å²) in [7, 11) is 0. The van der Waals surface area contributed by atoms with Gasteiger partial charge < -0.3 is 9.47 Å². The lowest BCUT2D eigenvalue weighted by Crippen LogP contribution is -2.38. The second-order valence-corrected chi connectivity index (χ2v) is 8.87. The van der Waals surface area contributed by atoms with Gasteiger partial charge in [0.05, 0.1) is 23.9 Å². The Morgan fingerprint density at radius 1 is 1.14 bits per heavy atom. The van der Waals surface area contributed by atoms with E-state index in [1.165, 1.54) is 10.4 Å². The number of hydrogen-bond donors (Lipinski definition) is 0. The molecule has 4 nitrogen and oxygen atoms in total. The molecule has 0 N–H and O–H groups in total. The van der Waals surface area contributed by atoms with Crippen LogP contribution in [0.3, 0.4) is 0 Å². The lowest BCUT2D eigenvalue weighted by molar-refractivity contribution is 0.0322. The minimum absolute atomic E-state index is 0.693. The van der Waals surface area contributed by atoms with Crippen molar-refractivity contribution < 1.29 is 9.47 Å². The van der Waals surface area contributed by atoms with Gasteiger partial charge in [0.2, 0.25) is 0 Å². The van der Waals surface area contributed by atoms with Gasteiger partial charge in [-0.1, -0.05) is 23.7 Å². The van der Waals surface area contributed by atoms with Crippen LogP contribution < -0.4 is 4.74 Å².